The number of hydrogen-bond donors (Lipinski definition) is 1. The van der Waals surface area contributed by atoms with Crippen molar-refractivity contribution in [2.24, 2.45) is 0 Å². The summed E-state index contributed by atoms with van der Waals surface area (Å²) in [5, 5.41) is 17.2. The van der Waals surface area contributed by atoms with Crippen LogP contribution in [0.25, 0.3) is 21.7 Å². The Morgan fingerprint density at radius 1 is 1.39 bits per heavy atom. The van der Waals surface area contributed by atoms with Gasteiger partial charge in [-0.1, -0.05) is 13.0 Å². The zero-order chi connectivity index (χ0) is 16.0. The molecule has 0 amide bonds. The first kappa shape index (κ1) is 14.5. The van der Waals surface area contributed by atoms with Gasteiger partial charge in [0, 0.05) is 12.0 Å². The lowest BCUT2D eigenvalue weighted by molar-refractivity contribution is -0.0366. The molecule has 2 aromatic carbocycles. The van der Waals surface area contributed by atoms with Crippen LogP contribution in [0, 0.1) is 5.82 Å². The third-order valence-electron chi connectivity index (χ3n) is 4.69. The summed E-state index contributed by atoms with van der Waals surface area (Å²) in [6.45, 7) is 2.62. The van der Waals surface area contributed by atoms with Gasteiger partial charge in [0.2, 0.25) is 0 Å². The number of nitrogens with zero attached hydrogens (tertiary/aromatic N) is 2. The lowest BCUT2D eigenvalue weighted by Gasteiger charge is -2.23. The van der Waals surface area contributed by atoms with Gasteiger partial charge in [-0.25, -0.2) is 9.07 Å². The number of ether oxygens (including phenoxy) is 1. The summed E-state index contributed by atoms with van der Waals surface area (Å²) in [6.07, 6.45) is 5.18. The van der Waals surface area contributed by atoms with Gasteiger partial charge >= 0.3 is 0 Å². The largest absolute Gasteiger partial charge is 0.507 e. The van der Waals surface area contributed by atoms with Gasteiger partial charge in [-0.2, -0.15) is 5.10 Å². The summed E-state index contributed by atoms with van der Waals surface area (Å²) < 4.78 is 21.7. The van der Waals surface area contributed by atoms with Crippen molar-refractivity contribution in [3.8, 4) is 5.75 Å². The number of fused-ring (bicyclic) bond motifs is 2. The molecule has 1 N–H and O–H groups in total. The van der Waals surface area contributed by atoms with Crippen molar-refractivity contribution < 1.29 is 14.2 Å². The molecule has 3 aromatic rings. The Morgan fingerprint density at radius 2 is 2.26 bits per heavy atom. The summed E-state index contributed by atoms with van der Waals surface area (Å²) in [5.74, 6) is -0.173. The summed E-state index contributed by atoms with van der Waals surface area (Å²) in [5.41, 5.74) is 1.37. The standard InChI is InChI=1S/C18H19FN2O2/c1-2-12-14(19)7-6-11-9-15-13(18(22)17(11)12)10-20-21(15)16-5-3-4-8-23-16/h6-7,9-10,16,22H,2-5,8H2,1H3. The van der Waals surface area contributed by atoms with E-state index >= 15 is 0 Å². The van der Waals surface area contributed by atoms with Crippen LogP contribution in [-0.2, 0) is 11.2 Å². The van der Waals surface area contributed by atoms with Gasteiger partial charge in [-0.3, -0.25) is 0 Å². The number of phenolic OH excluding ortho intramolecular Hbond substituents is 1. The SMILES string of the molecule is CCc1c(F)ccc2cc3c(cnn3C3CCCCO3)c(O)c12. The van der Waals surface area contributed by atoms with Crippen LogP contribution >= 0.6 is 0 Å². The highest BCUT2D eigenvalue weighted by Crippen LogP contribution is 2.38. The van der Waals surface area contributed by atoms with Crippen LogP contribution in [0.1, 0.15) is 38.0 Å². The third kappa shape index (κ3) is 2.18. The third-order valence-corrected chi connectivity index (χ3v) is 4.69. The van der Waals surface area contributed by atoms with Gasteiger partial charge in [0.25, 0.3) is 0 Å². The highest BCUT2D eigenvalue weighted by molar-refractivity contribution is 6.05. The number of aryl methyl sites for hydroxylation is 1. The van der Waals surface area contributed by atoms with Gasteiger partial charge in [-0.05, 0) is 48.8 Å². The molecule has 2 heterocycles. The second-order valence-electron chi connectivity index (χ2n) is 6.05. The van der Waals surface area contributed by atoms with E-state index in [1.54, 1.807) is 12.3 Å². The predicted octanol–water partition coefficient (Wildman–Crippen LogP) is 4.30. The minimum absolute atomic E-state index is 0.0933. The van der Waals surface area contributed by atoms with Crippen LogP contribution < -0.4 is 0 Å². The molecule has 1 fully saturated rings. The lowest BCUT2D eigenvalue weighted by atomic mass is 9.99. The van der Waals surface area contributed by atoms with E-state index < -0.39 is 0 Å². The smallest absolute Gasteiger partial charge is 0.150 e. The molecule has 4 nitrogen and oxygen atoms in total. The topological polar surface area (TPSA) is 47.3 Å². The molecule has 1 aliphatic heterocycles. The molecule has 0 aliphatic carbocycles. The maximum Gasteiger partial charge on any atom is 0.150 e. The maximum absolute atomic E-state index is 14.0. The highest BCUT2D eigenvalue weighted by atomic mass is 19.1. The number of aromatic hydroxyl groups is 1. The Labute approximate surface area is 133 Å². The zero-order valence-electron chi connectivity index (χ0n) is 13.1. The molecule has 1 unspecified atom stereocenters. The number of benzene rings is 2. The van der Waals surface area contributed by atoms with Gasteiger partial charge < -0.3 is 9.84 Å². The maximum atomic E-state index is 14.0. The molecule has 4 rings (SSSR count). The minimum Gasteiger partial charge on any atom is -0.507 e. The van der Waals surface area contributed by atoms with E-state index in [2.05, 4.69) is 5.10 Å². The number of halogens is 1. The summed E-state index contributed by atoms with van der Waals surface area (Å²) in [4.78, 5) is 0. The average molecular weight is 314 g/mol. The quantitative estimate of drug-likeness (QED) is 0.767. The van der Waals surface area contributed by atoms with Crippen molar-refractivity contribution in [1.29, 1.82) is 0 Å². The Morgan fingerprint density at radius 3 is 3.00 bits per heavy atom. The summed E-state index contributed by atoms with van der Waals surface area (Å²) >= 11 is 0. The molecule has 0 bridgehead atoms. The van der Waals surface area contributed by atoms with Gasteiger partial charge in [0.1, 0.15) is 11.6 Å². The van der Waals surface area contributed by atoms with E-state index in [1.165, 1.54) is 6.07 Å². The van der Waals surface area contributed by atoms with E-state index in [0.29, 0.717) is 22.8 Å². The first-order valence-corrected chi connectivity index (χ1v) is 8.12. The van der Waals surface area contributed by atoms with Crippen LogP contribution in [0.3, 0.4) is 0 Å². The van der Waals surface area contributed by atoms with Crippen molar-refractivity contribution >= 4 is 21.7 Å². The van der Waals surface area contributed by atoms with Crippen molar-refractivity contribution in [2.75, 3.05) is 6.61 Å². The minimum atomic E-state index is -0.280. The van der Waals surface area contributed by atoms with Crippen LogP contribution in [0.4, 0.5) is 4.39 Å². The molecule has 1 saturated heterocycles. The van der Waals surface area contributed by atoms with E-state index in [0.717, 1.165) is 36.8 Å². The van der Waals surface area contributed by atoms with Crippen LogP contribution in [0.2, 0.25) is 0 Å². The highest BCUT2D eigenvalue weighted by Gasteiger charge is 2.21. The number of hydrogen-bond acceptors (Lipinski definition) is 3. The lowest BCUT2D eigenvalue weighted by Crippen LogP contribution is -2.18. The first-order valence-electron chi connectivity index (χ1n) is 8.12. The monoisotopic (exact) mass is 314 g/mol. The molecule has 1 aromatic heterocycles. The van der Waals surface area contributed by atoms with Crippen LogP contribution in [0.15, 0.2) is 24.4 Å². The van der Waals surface area contributed by atoms with Crippen molar-refractivity contribution in [1.82, 2.24) is 9.78 Å². The summed E-state index contributed by atoms with van der Waals surface area (Å²) in [6, 6.07) is 5.14. The van der Waals surface area contributed by atoms with Crippen molar-refractivity contribution in [2.45, 2.75) is 38.8 Å². The molecule has 0 spiro atoms. The molecule has 0 saturated carbocycles. The Kier molecular flexibility index (Phi) is 3.45. The Bertz CT molecular complexity index is 882. The van der Waals surface area contributed by atoms with E-state index in [9.17, 15) is 9.50 Å². The molecule has 23 heavy (non-hydrogen) atoms. The Balaban J connectivity index is 1.98. The number of phenols is 1. The first-order chi connectivity index (χ1) is 11.2. The van der Waals surface area contributed by atoms with E-state index in [-0.39, 0.29) is 17.8 Å². The molecular formula is C18H19FN2O2. The van der Waals surface area contributed by atoms with Gasteiger partial charge in [0.15, 0.2) is 6.23 Å². The summed E-state index contributed by atoms with van der Waals surface area (Å²) in [7, 11) is 0. The average Bonchev–Trinajstić information content (AvgIpc) is 3.00. The van der Waals surface area contributed by atoms with Gasteiger partial charge in [-0.15, -0.1) is 0 Å². The fourth-order valence-corrected chi connectivity index (χ4v) is 3.51. The zero-order valence-corrected chi connectivity index (χ0v) is 13.1. The molecule has 0 radical (unpaired) electrons. The number of aromatic nitrogens is 2. The predicted molar refractivity (Wildman–Crippen MR) is 87.1 cm³/mol. The Hall–Kier alpha value is -2.14. The van der Waals surface area contributed by atoms with E-state index in [4.69, 9.17) is 4.74 Å². The second-order valence-corrected chi connectivity index (χ2v) is 6.05. The fourth-order valence-electron chi connectivity index (χ4n) is 3.51. The second kappa shape index (κ2) is 5.49. The van der Waals surface area contributed by atoms with Crippen molar-refractivity contribution in [3.63, 3.8) is 0 Å². The van der Waals surface area contributed by atoms with E-state index in [1.807, 2.05) is 17.7 Å². The molecule has 120 valence electrons. The molecule has 5 heteroatoms. The molecule has 1 atom stereocenters. The molecule has 1 aliphatic rings. The van der Waals surface area contributed by atoms with Crippen LogP contribution in [-0.4, -0.2) is 21.5 Å². The van der Waals surface area contributed by atoms with Gasteiger partial charge in [0.05, 0.1) is 17.1 Å². The number of rotatable bonds is 2. The normalized spacial score (nSPS) is 18.8. The van der Waals surface area contributed by atoms with Crippen LogP contribution in [0.5, 0.6) is 5.75 Å². The molecular weight excluding hydrogens is 295 g/mol. The fraction of sp³-hybridized carbons (Fsp3) is 0.389. The van der Waals surface area contributed by atoms with Crippen molar-refractivity contribution in [3.05, 3.63) is 35.8 Å².